The molecule has 0 fully saturated rings. The van der Waals surface area contributed by atoms with Crippen molar-refractivity contribution in [1.29, 1.82) is 0 Å². The van der Waals surface area contributed by atoms with Crippen LogP contribution in [0.2, 0.25) is 0 Å². The topological polar surface area (TPSA) is 164 Å². The van der Waals surface area contributed by atoms with Crippen LogP contribution in [0, 0.1) is 0 Å². The summed E-state index contributed by atoms with van der Waals surface area (Å²) in [7, 11) is 2.95. The van der Waals surface area contributed by atoms with Gasteiger partial charge in [-0.25, -0.2) is 0 Å². The number of rotatable bonds is 6. The summed E-state index contributed by atoms with van der Waals surface area (Å²) in [5, 5.41) is 38.3. The van der Waals surface area contributed by atoms with Crippen molar-refractivity contribution in [2.24, 2.45) is 0 Å². The number of phenols is 3. The van der Waals surface area contributed by atoms with Crippen LogP contribution in [0.25, 0.3) is 22.3 Å². The number of aromatic hydroxyl groups is 4. The van der Waals surface area contributed by atoms with Gasteiger partial charge in [0.2, 0.25) is 17.0 Å². The van der Waals surface area contributed by atoms with E-state index in [1.165, 1.54) is 49.6 Å². The maximum Gasteiger partial charge on any atom is 0.235 e. The molecule has 5 rings (SSSR count). The van der Waals surface area contributed by atoms with E-state index in [2.05, 4.69) is 6.58 Å². The molecule has 1 aliphatic rings. The molecule has 0 saturated heterocycles. The number of carbonyl (C=O) groups is 2. The average Bonchev–Trinajstić information content (AvgIpc) is 2.99. The molecule has 0 saturated carbocycles. The Labute approximate surface area is 239 Å². The lowest BCUT2D eigenvalue weighted by molar-refractivity contribution is -0.117. The fraction of sp³-hybridized carbons (Fsp3) is 0.0938. The van der Waals surface area contributed by atoms with Crippen LogP contribution >= 0.6 is 0 Å². The fourth-order valence-corrected chi connectivity index (χ4v) is 4.25. The number of allylic oxidation sites excluding steroid dienone is 4. The van der Waals surface area contributed by atoms with Crippen molar-refractivity contribution in [1.82, 2.24) is 0 Å². The Morgan fingerprint density at radius 1 is 0.810 bits per heavy atom. The Bertz CT molecular complexity index is 1810. The number of benzene rings is 3. The largest absolute Gasteiger partial charge is 0.508 e. The number of carbonyl (C=O) groups excluding carboxylic acids is 2. The molecule has 0 radical (unpaired) electrons. The minimum Gasteiger partial charge on any atom is -0.508 e. The molecule has 1 unspecified atom stereocenters. The van der Waals surface area contributed by atoms with E-state index >= 15 is 0 Å². The lowest BCUT2D eigenvalue weighted by atomic mass is 9.85. The van der Waals surface area contributed by atoms with Gasteiger partial charge in [-0.1, -0.05) is 18.2 Å². The van der Waals surface area contributed by atoms with Gasteiger partial charge in [-0.05, 0) is 54.1 Å². The molecule has 1 atom stereocenters. The van der Waals surface area contributed by atoms with Crippen LogP contribution in [-0.2, 0) is 14.3 Å². The second kappa shape index (κ2) is 12.2. The van der Waals surface area contributed by atoms with Gasteiger partial charge in [0.15, 0.2) is 28.8 Å². The van der Waals surface area contributed by atoms with Crippen LogP contribution in [0.15, 0.2) is 106 Å². The predicted molar refractivity (Wildman–Crippen MR) is 154 cm³/mol. The van der Waals surface area contributed by atoms with Gasteiger partial charge in [0.25, 0.3) is 0 Å². The maximum absolute atomic E-state index is 12.2. The van der Waals surface area contributed by atoms with Crippen LogP contribution in [0.4, 0.5) is 0 Å². The van der Waals surface area contributed by atoms with E-state index in [1.54, 1.807) is 25.3 Å². The van der Waals surface area contributed by atoms with E-state index in [-0.39, 0.29) is 57.0 Å². The first-order valence-electron chi connectivity index (χ1n) is 12.4. The molecular formula is C32H26O10. The minimum absolute atomic E-state index is 0.0568. The van der Waals surface area contributed by atoms with Gasteiger partial charge in [-0.3, -0.25) is 14.4 Å². The van der Waals surface area contributed by atoms with Gasteiger partial charge in [-0.15, -0.1) is 6.58 Å². The van der Waals surface area contributed by atoms with Crippen molar-refractivity contribution in [3.63, 3.8) is 0 Å². The molecule has 0 bridgehead atoms. The summed E-state index contributed by atoms with van der Waals surface area (Å²) in [4.78, 5) is 36.1. The number of ketones is 2. The van der Waals surface area contributed by atoms with Crippen LogP contribution in [0.5, 0.6) is 28.7 Å². The van der Waals surface area contributed by atoms with Crippen molar-refractivity contribution in [3.05, 3.63) is 113 Å². The highest BCUT2D eigenvalue weighted by Gasteiger charge is 2.26. The average molecular weight is 571 g/mol. The molecule has 1 aliphatic carbocycles. The smallest absolute Gasteiger partial charge is 0.235 e. The summed E-state index contributed by atoms with van der Waals surface area (Å²) in [6, 6.07) is 14.9. The first-order chi connectivity index (χ1) is 20.1. The Hall–Kier alpha value is -5.77. The highest BCUT2D eigenvalue weighted by molar-refractivity contribution is 6.19. The summed E-state index contributed by atoms with van der Waals surface area (Å²) >= 11 is 0. The first kappa shape index (κ1) is 29.2. The van der Waals surface area contributed by atoms with Gasteiger partial charge < -0.3 is 34.3 Å². The van der Waals surface area contributed by atoms with Crippen LogP contribution in [-0.4, -0.2) is 46.2 Å². The highest BCUT2D eigenvalue weighted by Crippen LogP contribution is 2.35. The van der Waals surface area contributed by atoms with Crippen molar-refractivity contribution in [2.75, 3.05) is 14.2 Å². The monoisotopic (exact) mass is 570 g/mol. The molecular weight excluding hydrogens is 544 g/mol. The summed E-state index contributed by atoms with van der Waals surface area (Å²) in [5.41, 5.74) is 0.915. The summed E-state index contributed by atoms with van der Waals surface area (Å²) < 4.78 is 15.4. The van der Waals surface area contributed by atoms with Crippen LogP contribution in [0.1, 0.15) is 11.5 Å². The highest BCUT2D eigenvalue weighted by atomic mass is 16.5. The molecule has 3 aromatic carbocycles. The number of fused-ring (bicyclic) bond motifs is 1. The standard InChI is InChI=1S/C17H16O4.C15H10O6/c1-4-13(11-5-7-12(20-2)8-6-11)14-9-16(19)17(21-3)10-15(14)18;16-8-2-3-9-12(6-8)21-15(14(20)13(9)19)7-1-4-10(17)11(18)5-7/h4-10,13H,1H2,2-3H3;1-6,16-18,20H. The summed E-state index contributed by atoms with van der Waals surface area (Å²) in [6.45, 7) is 3.77. The third-order valence-electron chi connectivity index (χ3n) is 6.43. The molecule has 1 aromatic heterocycles. The van der Waals surface area contributed by atoms with Gasteiger partial charge in [0.1, 0.15) is 17.1 Å². The zero-order valence-electron chi connectivity index (χ0n) is 22.5. The van der Waals surface area contributed by atoms with E-state index < -0.39 is 16.9 Å². The van der Waals surface area contributed by atoms with E-state index in [9.17, 15) is 34.8 Å². The molecule has 214 valence electrons. The molecule has 0 aliphatic heterocycles. The van der Waals surface area contributed by atoms with Gasteiger partial charge in [-0.2, -0.15) is 0 Å². The third-order valence-corrected chi connectivity index (χ3v) is 6.43. The molecule has 4 aromatic rings. The van der Waals surface area contributed by atoms with E-state index in [0.717, 1.165) is 17.4 Å². The van der Waals surface area contributed by atoms with Crippen LogP contribution < -0.4 is 10.2 Å². The molecule has 1 heterocycles. The Balaban J connectivity index is 0.000000193. The molecule has 0 amide bonds. The van der Waals surface area contributed by atoms with Crippen molar-refractivity contribution in [2.45, 2.75) is 5.92 Å². The molecule has 10 heteroatoms. The third kappa shape index (κ3) is 5.87. The molecule has 10 nitrogen and oxygen atoms in total. The van der Waals surface area contributed by atoms with Crippen molar-refractivity contribution < 1.29 is 43.9 Å². The van der Waals surface area contributed by atoms with Crippen molar-refractivity contribution in [3.8, 4) is 40.1 Å². The SMILES string of the molecule is C=CC(C1=CC(=O)C(OC)=CC1=O)c1ccc(OC)cc1.O=c1c(O)c(-c2ccc(O)c(O)c2)oc2cc(O)ccc12. The Morgan fingerprint density at radius 2 is 1.52 bits per heavy atom. The zero-order chi connectivity index (χ0) is 30.6. The minimum atomic E-state index is -0.654. The van der Waals surface area contributed by atoms with Crippen LogP contribution in [0.3, 0.4) is 0 Å². The van der Waals surface area contributed by atoms with E-state index in [0.29, 0.717) is 5.57 Å². The van der Waals surface area contributed by atoms with E-state index in [1.807, 2.05) is 12.1 Å². The first-order valence-corrected chi connectivity index (χ1v) is 12.4. The van der Waals surface area contributed by atoms with Gasteiger partial charge in [0, 0.05) is 29.2 Å². The zero-order valence-corrected chi connectivity index (χ0v) is 22.5. The lowest BCUT2D eigenvalue weighted by Crippen LogP contribution is -2.18. The second-order valence-corrected chi connectivity index (χ2v) is 9.02. The van der Waals surface area contributed by atoms with Crippen molar-refractivity contribution >= 4 is 22.5 Å². The fourth-order valence-electron chi connectivity index (χ4n) is 4.25. The normalized spacial score (nSPS) is 13.4. The number of hydrogen-bond acceptors (Lipinski definition) is 10. The molecule has 42 heavy (non-hydrogen) atoms. The van der Waals surface area contributed by atoms with Gasteiger partial charge in [0.05, 0.1) is 19.6 Å². The summed E-state index contributed by atoms with van der Waals surface area (Å²) in [5.74, 6) is -1.72. The quantitative estimate of drug-likeness (QED) is 0.143. The van der Waals surface area contributed by atoms with Gasteiger partial charge >= 0.3 is 0 Å². The second-order valence-electron chi connectivity index (χ2n) is 9.02. The molecule has 4 N–H and O–H groups in total. The summed E-state index contributed by atoms with van der Waals surface area (Å²) in [6.07, 6.45) is 4.18. The number of phenolic OH excluding ortho intramolecular Hbond substituents is 3. The number of methoxy groups -OCH3 is 2. The Morgan fingerprint density at radius 3 is 2.14 bits per heavy atom. The lowest BCUT2D eigenvalue weighted by Gasteiger charge is -2.18. The van der Waals surface area contributed by atoms with E-state index in [4.69, 9.17) is 13.9 Å². The predicted octanol–water partition coefficient (Wildman–Crippen LogP) is 4.86. The molecule has 0 spiro atoms. The number of ether oxygens (including phenoxy) is 2. The maximum atomic E-state index is 12.2. The number of hydrogen-bond donors (Lipinski definition) is 4. The Kier molecular flexibility index (Phi) is 8.47.